The minimum atomic E-state index is -0.127. The van der Waals surface area contributed by atoms with Crippen LogP contribution in [0.3, 0.4) is 0 Å². The highest BCUT2D eigenvalue weighted by atomic mass is 16.5. The quantitative estimate of drug-likeness (QED) is 0.717. The number of hydrogen-bond acceptors (Lipinski definition) is 6. The van der Waals surface area contributed by atoms with E-state index in [-0.39, 0.29) is 24.6 Å². The van der Waals surface area contributed by atoms with Gasteiger partial charge in [0.2, 0.25) is 11.8 Å². The number of hydrogen-bond donors (Lipinski definition) is 0. The summed E-state index contributed by atoms with van der Waals surface area (Å²) in [5.41, 5.74) is 0.855. The van der Waals surface area contributed by atoms with E-state index >= 15 is 0 Å². The average molecular weight is 410 g/mol. The Morgan fingerprint density at radius 1 is 1.10 bits per heavy atom. The Morgan fingerprint density at radius 3 is 2.60 bits per heavy atom. The number of nitrogens with zero attached hydrogens (tertiary/aromatic N) is 6. The standard InChI is InChI=1S/C21H26N6O3/c1-24(2)18-8-9-19(23-22-18)30-17-10-11-25(14-17)20(28)15-26-12-13-27(21(26)29)16-6-4-3-5-7-16/h3-9,17H,10-15H2,1-2H3. The van der Waals surface area contributed by atoms with Gasteiger partial charge >= 0.3 is 6.03 Å². The Bertz CT molecular complexity index is 889. The minimum absolute atomic E-state index is 0.0570. The molecule has 1 aromatic carbocycles. The largest absolute Gasteiger partial charge is 0.471 e. The van der Waals surface area contributed by atoms with Gasteiger partial charge in [-0.25, -0.2) is 4.79 Å². The molecule has 0 radical (unpaired) electrons. The summed E-state index contributed by atoms with van der Waals surface area (Å²) >= 11 is 0. The summed E-state index contributed by atoms with van der Waals surface area (Å²) in [5, 5.41) is 8.19. The number of rotatable bonds is 6. The second-order valence-electron chi connectivity index (χ2n) is 7.68. The molecule has 30 heavy (non-hydrogen) atoms. The van der Waals surface area contributed by atoms with Crippen LogP contribution < -0.4 is 14.5 Å². The number of ether oxygens (including phenoxy) is 1. The molecule has 158 valence electrons. The predicted octanol–water partition coefficient (Wildman–Crippen LogP) is 1.46. The fourth-order valence-electron chi connectivity index (χ4n) is 3.68. The normalized spacial score (nSPS) is 18.8. The lowest BCUT2D eigenvalue weighted by atomic mass is 10.3. The number of benzene rings is 1. The first-order chi connectivity index (χ1) is 14.5. The summed E-state index contributed by atoms with van der Waals surface area (Å²) in [5.74, 6) is 1.15. The lowest BCUT2D eigenvalue weighted by Gasteiger charge is -2.22. The van der Waals surface area contributed by atoms with Crippen molar-refractivity contribution in [2.45, 2.75) is 12.5 Å². The topological polar surface area (TPSA) is 82.1 Å². The molecule has 3 heterocycles. The van der Waals surface area contributed by atoms with Crippen LogP contribution in [0.1, 0.15) is 6.42 Å². The molecule has 9 heteroatoms. The third kappa shape index (κ3) is 4.29. The van der Waals surface area contributed by atoms with Gasteiger partial charge in [0.1, 0.15) is 12.6 Å². The molecule has 1 aromatic heterocycles. The Hall–Kier alpha value is -3.36. The number of carbonyl (C=O) groups excluding carboxylic acids is 2. The van der Waals surface area contributed by atoms with Crippen molar-refractivity contribution >= 4 is 23.4 Å². The first-order valence-electron chi connectivity index (χ1n) is 10.1. The first kappa shape index (κ1) is 19.9. The van der Waals surface area contributed by atoms with E-state index in [0.29, 0.717) is 32.1 Å². The Balaban J connectivity index is 1.28. The molecule has 4 rings (SSSR count). The molecule has 2 aliphatic heterocycles. The van der Waals surface area contributed by atoms with E-state index in [4.69, 9.17) is 4.74 Å². The van der Waals surface area contributed by atoms with Gasteiger partial charge in [0, 0.05) is 51.9 Å². The number of amides is 3. The molecule has 2 fully saturated rings. The van der Waals surface area contributed by atoms with Crippen molar-refractivity contribution in [2.24, 2.45) is 0 Å². The maximum atomic E-state index is 12.7. The van der Waals surface area contributed by atoms with E-state index in [2.05, 4.69) is 10.2 Å². The van der Waals surface area contributed by atoms with Crippen molar-refractivity contribution < 1.29 is 14.3 Å². The van der Waals surface area contributed by atoms with Gasteiger partial charge in [0.25, 0.3) is 0 Å². The van der Waals surface area contributed by atoms with Crippen LogP contribution >= 0.6 is 0 Å². The van der Waals surface area contributed by atoms with Crippen LogP contribution in [0.5, 0.6) is 5.88 Å². The lowest BCUT2D eigenvalue weighted by Crippen LogP contribution is -2.42. The van der Waals surface area contributed by atoms with Crippen molar-refractivity contribution in [2.75, 3.05) is 56.6 Å². The molecule has 0 spiro atoms. The average Bonchev–Trinajstić information content (AvgIpc) is 3.36. The molecule has 0 bridgehead atoms. The highest BCUT2D eigenvalue weighted by Gasteiger charge is 2.34. The summed E-state index contributed by atoms with van der Waals surface area (Å²) in [6.45, 7) is 2.31. The smallest absolute Gasteiger partial charge is 0.325 e. The molecule has 2 saturated heterocycles. The van der Waals surface area contributed by atoms with Gasteiger partial charge < -0.3 is 19.4 Å². The monoisotopic (exact) mass is 410 g/mol. The van der Waals surface area contributed by atoms with Gasteiger partial charge in [0.05, 0.1) is 6.54 Å². The Morgan fingerprint density at radius 2 is 1.90 bits per heavy atom. The van der Waals surface area contributed by atoms with Gasteiger partial charge in [-0.15, -0.1) is 10.2 Å². The van der Waals surface area contributed by atoms with Crippen LogP contribution in [0.4, 0.5) is 16.3 Å². The predicted molar refractivity (Wildman–Crippen MR) is 113 cm³/mol. The molecule has 0 saturated carbocycles. The Labute approximate surface area is 175 Å². The SMILES string of the molecule is CN(C)c1ccc(OC2CCN(C(=O)CN3CCN(c4ccccc4)C3=O)C2)nn1. The fraction of sp³-hybridized carbons (Fsp3) is 0.429. The van der Waals surface area contributed by atoms with Gasteiger partial charge in [-0.2, -0.15) is 0 Å². The molecule has 1 unspecified atom stereocenters. The summed E-state index contributed by atoms with van der Waals surface area (Å²) in [4.78, 5) is 32.3. The van der Waals surface area contributed by atoms with Crippen LogP contribution in [-0.4, -0.2) is 84.9 Å². The van der Waals surface area contributed by atoms with Crippen LogP contribution in [-0.2, 0) is 4.79 Å². The third-order valence-electron chi connectivity index (χ3n) is 5.36. The second kappa shape index (κ2) is 8.56. The van der Waals surface area contributed by atoms with E-state index in [9.17, 15) is 9.59 Å². The maximum Gasteiger partial charge on any atom is 0.325 e. The lowest BCUT2D eigenvalue weighted by molar-refractivity contribution is -0.130. The zero-order valence-corrected chi connectivity index (χ0v) is 17.3. The van der Waals surface area contributed by atoms with Crippen molar-refractivity contribution in [3.8, 4) is 5.88 Å². The molecule has 1 atom stereocenters. The first-order valence-corrected chi connectivity index (χ1v) is 10.1. The highest BCUT2D eigenvalue weighted by Crippen LogP contribution is 2.21. The number of aromatic nitrogens is 2. The third-order valence-corrected chi connectivity index (χ3v) is 5.36. The summed E-state index contributed by atoms with van der Waals surface area (Å²) in [6.07, 6.45) is 0.607. The molecule has 0 aliphatic carbocycles. The van der Waals surface area contributed by atoms with Crippen LogP contribution in [0.15, 0.2) is 42.5 Å². The van der Waals surface area contributed by atoms with Crippen LogP contribution in [0.2, 0.25) is 0 Å². The molecular formula is C21H26N6O3. The second-order valence-corrected chi connectivity index (χ2v) is 7.68. The number of carbonyl (C=O) groups is 2. The summed E-state index contributed by atoms with van der Waals surface area (Å²) in [6, 6.07) is 13.0. The van der Waals surface area contributed by atoms with Crippen molar-refractivity contribution in [3.63, 3.8) is 0 Å². The molecule has 2 aliphatic rings. The Kier molecular flexibility index (Phi) is 5.69. The minimum Gasteiger partial charge on any atom is -0.471 e. The number of anilines is 2. The number of para-hydroxylation sites is 1. The van der Waals surface area contributed by atoms with E-state index < -0.39 is 0 Å². The number of likely N-dealkylation sites (tertiary alicyclic amines) is 1. The molecular weight excluding hydrogens is 384 g/mol. The zero-order valence-electron chi connectivity index (χ0n) is 17.3. The van der Waals surface area contributed by atoms with Gasteiger partial charge in [-0.05, 0) is 18.2 Å². The van der Waals surface area contributed by atoms with Gasteiger partial charge in [-0.3, -0.25) is 9.69 Å². The summed E-state index contributed by atoms with van der Waals surface area (Å²) in [7, 11) is 3.80. The van der Waals surface area contributed by atoms with Crippen molar-refractivity contribution in [1.29, 1.82) is 0 Å². The fourth-order valence-corrected chi connectivity index (χ4v) is 3.68. The molecule has 9 nitrogen and oxygen atoms in total. The number of urea groups is 1. The van der Waals surface area contributed by atoms with Crippen molar-refractivity contribution in [1.82, 2.24) is 20.0 Å². The van der Waals surface area contributed by atoms with Crippen LogP contribution in [0.25, 0.3) is 0 Å². The highest BCUT2D eigenvalue weighted by molar-refractivity contribution is 5.96. The summed E-state index contributed by atoms with van der Waals surface area (Å²) < 4.78 is 5.88. The van der Waals surface area contributed by atoms with E-state index in [0.717, 1.165) is 17.9 Å². The van der Waals surface area contributed by atoms with Crippen LogP contribution in [0, 0.1) is 0 Å². The van der Waals surface area contributed by atoms with E-state index in [1.54, 1.807) is 20.8 Å². The van der Waals surface area contributed by atoms with Crippen molar-refractivity contribution in [3.05, 3.63) is 42.5 Å². The zero-order chi connectivity index (χ0) is 21.1. The maximum absolute atomic E-state index is 12.7. The van der Waals surface area contributed by atoms with E-state index in [1.807, 2.05) is 55.4 Å². The molecule has 3 amide bonds. The molecule has 2 aromatic rings. The molecule has 0 N–H and O–H groups in total. The van der Waals surface area contributed by atoms with E-state index in [1.165, 1.54) is 0 Å². The van der Waals surface area contributed by atoms with Gasteiger partial charge in [-0.1, -0.05) is 18.2 Å². The van der Waals surface area contributed by atoms with Gasteiger partial charge in [0.15, 0.2) is 5.82 Å².